The first-order valence-electron chi connectivity index (χ1n) is 9.57. The van der Waals surface area contributed by atoms with Crippen molar-refractivity contribution in [3.63, 3.8) is 0 Å². The van der Waals surface area contributed by atoms with Gasteiger partial charge in [0.25, 0.3) is 5.91 Å². The fraction of sp³-hybridized carbons (Fsp3) is 0.364. The first kappa shape index (κ1) is 18.1. The Hall–Kier alpha value is -2.33. The van der Waals surface area contributed by atoms with Crippen molar-refractivity contribution in [3.05, 3.63) is 64.7 Å². The topological polar surface area (TPSA) is 40.6 Å². The molecule has 2 amide bonds. The van der Waals surface area contributed by atoms with E-state index in [9.17, 15) is 9.59 Å². The average molecular weight is 383 g/mol. The fourth-order valence-corrected chi connectivity index (χ4v) is 4.25. The average Bonchev–Trinajstić information content (AvgIpc) is 2.73. The molecule has 0 aromatic heterocycles. The van der Waals surface area contributed by atoms with E-state index in [1.165, 1.54) is 5.56 Å². The van der Waals surface area contributed by atoms with Crippen molar-refractivity contribution in [2.24, 2.45) is 5.92 Å². The van der Waals surface area contributed by atoms with Crippen molar-refractivity contribution < 1.29 is 9.59 Å². The number of benzene rings is 2. The lowest BCUT2D eigenvalue weighted by Gasteiger charge is -2.37. The molecule has 1 atom stereocenters. The monoisotopic (exact) mass is 382 g/mol. The molecule has 0 spiro atoms. The minimum absolute atomic E-state index is 0.0248. The molecule has 4 nitrogen and oxygen atoms in total. The molecule has 0 aliphatic carbocycles. The summed E-state index contributed by atoms with van der Waals surface area (Å²) in [4.78, 5) is 29.8. The van der Waals surface area contributed by atoms with Gasteiger partial charge in [-0.15, -0.1) is 0 Å². The number of nitrogens with zero attached hydrogens (tertiary/aromatic N) is 2. The lowest BCUT2D eigenvalue weighted by atomic mass is 9.93. The van der Waals surface area contributed by atoms with Gasteiger partial charge in [-0.1, -0.05) is 29.8 Å². The Morgan fingerprint density at radius 1 is 0.963 bits per heavy atom. The summed E-state index contributed by atoms with van der Waals surface area (Å²) in [6, 6.07) is 15.1. The lowest BCUT2D eigenvalue weighted by Crippen LogP contribution is -2.48. The van der Waals surface area contributed by atoms with Crippen molar-refractivity contribution in [2.75, 3.05) is 24.5 Å². The van der Waals surface area contributed by atoms with Gasteiger partial charge in [-0.2, -0.15) is 0 Å². The van der Waals surface area contributed by atoms with Crippen LogP contribution in [0, 0.1) is 5.92 Å². The van der Waals surface area contributed by atoms with Gasteiger partial charge in [-0.25, -0.2) is 0 Å². The normalized spacial score (nSPS) is 19.5. The number of aryl methyl sites for hydroxylation is 1. The predicted octanol–water partition coefficient (Wildman–Crippen LogP) is 4.17. The Morgan fingerprint density at radius 2 is 1.74 bits per heavy atom. The van der Waals surface area contributed by atoms with Gasteiger partial charge in [-0.05, 0) is 61.6 Å². The maximum absolute atomic E-state index is 13.2. The third-order valence-electron chi connectivity index (χ3n) is 5.53. The van der Waals surface area contributed by atoms with Gasteiger partial charge in [0.1, 0.15) is 0 Å². The van der Waals surface area contributed by atoms with E-state index in [-0.39, 0.29) is 17.7 Å². The van der Waals surface area contributed by atoms with E-state index in [1.807, 2.05) is 28.0 Å². The number of rotatable bonds is 2. The molecule has 1 unspecified atom stereocenters. The van der Waals surface area contributed by atoms with E-state index >= 15 is 0 Å². The number of amides is 2. The zero-order chi connectivity index (χ0) is 18.8. The number of fused-ring (bicyclic) bond motifs is 1. The van der Waals surface area contributed by atoms with Gasteiger partial charge in [0.2, 0.25) is 5.91 Å². The standard InChI is InChI=1S/C22H23ClN2O2/c23-19-11-9-17(10-12-19)21(26)24-13-3-7-18(15-24)22(27)25-14-4-6-16-5-1-2-8-20(16)25/h1-2,5,8-12,18H,3-4,6-7,13-15H2. The van der Waals surface area contributed by atoms with Crippen LogP contribution in [0.3, 0.4) is 0 Å². The van der Waals surface area contributed by atoms with Gasteiger partial charge in [-0.3, -0.25) is 9.59 Å². The molecule has 2 aliphatic heterocycles. The van der Waals surface area contributed by atoms with Crippen LogP contribution in [0.25, 0.3) is 0 Å². The zero-order valence-electron chi connectivity index (χ0n) is 15.2. The summed E-state index contributed by atoms with van der Waals surface area (Å²) in [7, 11) is 0. The Bertz CT molecular complexity index is 850. The molecule has 2 aromatic carbocycles. The second kappa shape index (κ2) is 7.73. The number of para-hydroxylation sites is 1. The molecule has 2 heterocycles. The van der Waals surface area contributed by atoms with Crippen LogP contribution >= 0.6 is 11.6 Å². The van der Waals surface area contributed by atoms with Crippen LogP contribution in [-0.4, -0.2) is 36.3 Å². The van der Waals surface area contributed by atoms with Gasteiger partial charge < -0.3 is 9.80 Å². The molecule has 140 valence electrons. The lowest BCUT2D eigenvalue weighted by molar-refractivity contribution is -0.123. The maximum Gasteiger partial charge on any atom is 0.253 e. The highest BCUT2D eigenvalue weighted by atomic mass is 35.5. The number of likely N-dealkylation sites (tertiary alicyclic amines) is 1. The smallest absolute Gasteiger partial charge is 0.253 e. The van der Waals surface area contributed by atoms with Crippen molar-refractivity contribution in [2.45, 2.75) is 25.7 Å². The highest BCUT2D eigenvalue weighted by molar-refractivity contribution is 6.30. The fourth-order valence-electron chi connectivity index (χ4n) is 4.12. The summed E-state index contributed by atoms with van der Waals surface area (Å²) >= 11 is 5.92. The van der Waals surface area contributed by atoms with Gasteiger partial charge in [0.15, 0.2) is 0 Å². The first-order valence-corrected chi connectivity index (χ1v) is 9.95. The van der Waals surface area contributed by atoms with E-state index < -0.39 is 0 Å². The summed E-state index contributed by atoms with van der Waals surface area (Å²) in [6.45, 7) is 1.94. The van der Waals surface area contributed by atoms with Gasteiger partial charge in [0.05, 0.1) is 5.92 Å². The minimum atomic E-state index is -0.138. The summed E-state index contributed by atoms with van der Waals surface area (Å²) in [5.41, 5.74) is 2.90. The zero-order valence-corrected chi connectivity index (χ0v) is 16.0. The summed E-state index contributed by atoms with van der Waals surface area (Å²) < 4.78 is 0. The molecule has 0 radical (unpaired) electrons. The maximum atomic E-state index is 13.2. The van der Waals surface area contributed by atoms with Gasteiger partial charge in [0, 0.05) is 35.9 Å². The number of halogens is 1. The largest absolute Gasteiger partial charge is 0.338 e. The molecule has 27 heavy (non-hydrogen) atoms. The molecule has 4 rings (SSSR count). The minimum Gasteiger partial charge on any atom is -0.338 e. The Kier molecular flexibility index (Phi) is 5.17. The van der Waals surface area contributed by atoms with Crippen molar-refractivity contribution in [1.29, 1.82) is 0 Å². The van der Waals surface area contributed by atoms with Crippen LogP contribution in [0.1, 0.15) is 35.2 Å². The summed E-state index contributed by atoms with van der Waals surface area (Å²) in [5, 5.41) is 0.613. The Balaban J connectivity index is 1.49. The molecule has 2 aromatic rings. The first-order chi connectivity index (χ1) is 13.1. The second-order valence-corrected chi connectivity index (χ2v) is 7.76. The van der Waals surface area contributed by atoms with E-state index in [0.717, 1.165) is 37.9 Å². The highest BCUT2D eigenvalue weighted by Gasteiger charge is 2.33. The van der Waals surface area contributed by atoms with Crippen LogP contribution in [-0.2, 0) is 11.2 Å². The second-order valence-electron chi connectivity index (χ2n) is 7.32. The molecule has 0 N–H and O–H groups in total. The van der Waals surface area contributed by atoms with Crippen molar-refractivity contribution in [3.8, 4) is 0 Å². The molecule has 2 aliphatic rings. The summed E-state index contributed by atoms with van der Waals surface area (Å²) in [5.74, 6) is -0.0138. The summed E-state index contributed by atoms with van der Waals surface area (Å²) in [6.07, 6.45) is 3.70. The molecule has 0 bridgehead atoms. The van der Waals surface area contributed by atoms with Crippen LogP contribution in [0.15, 0.2) is 48.5 Å². The van der Waals surface area contributed by atoms with Crippen LogP contribution in [0.5, 0.6) is 0 Å². The van der Waals surface area contributed by atoms with Crippen molar-refractivity contribution >= 4 is 29.1 Å². The van der Waals surface area contributed by atoms with E-state index in [2.05, 4.69) is 6.07 Å². The third kappa shape index (κ3) is 3.72. The number of hydrogen-bond acceptors (Lipinski definition) is 2. The SMILES string of the molecule is O=C(c1ccc(Cl)cc1)N1CCCC(C(=O)N2CCCc3ccccc32)C1. The molecule has 5 heteroatoms. The van der Waals surface area contributed by atoms with Crippen molar-refractivity contribution in [1.82, 2.24) is 4.90 Å². The van der Waals surface area contributed by atoms with Gasteiger partial charge >= 0.3 is 0 Å². The number of hydrogen-bond donors (Lipinski definition) is 0. The number of anilines is 1. The van der Waals surface area contributed by atoms with Crippen LogP contribution in [0.4, 0.5) is 5.69 Å². The molecular weight excluding hydrogens is 360 g/mol. The molecular formula is C22H23ClN2O2. The van der Waals surface area contributed by atoms with E-state index in [1.54, 1.807) is 24.3 Å². The quantitative estimate of drug-likeness (QED) is 0.782. The Labute approximate surface area is 164 Å². The van der Waals surface area contributed by atoms with Crippen LogP contribution in [0.2, 0.25) is 5.02 Å². The number of carbonyl (C=O) groups is 2. The number of carbonyl (C=O) groups excluding carboxylic acids is 2. The highest BCUT2D eigenvalue weighted by Crippen LogP contribution is 2.30. The van der Waals surface area contributed by atoms with Crippen LogP contribution < -0.4 is 4.90 Å². The Morgan fingerprint density at radius 3 is 2.56 bits per heavy atom. The molecule has 1 saturated heterocycles. The number of piperidine rings is 1. The molecule has 0 saturated carbocycles. The van der Waals surface area contributed by atoms with E-state index in [0.29, 0.717) is 23.7 Å². The predicted molar refractivity (Wildman–Crippen MR) is 107 cm³/mol. The third-order valence-corrected chi connectivity index (χ3v) is 5.78. The molecule has 1 fully saturated rings. The van der Waals surface area contributed by atoms with E-state index in [4.69, 9.17) is 11.6 Å².